The number of ether oxygens (including phenoxy) is 1. The predicted molar refractivity (Wildman–Crippen MR) is 67.3 cm³/mol. The minimum Gasteiger partial charge on any atom is -0.465 e. The SMILES string of the molecule is COC(=O)c1cccc(NC(=O)[C@@H](C)N)c1.Cl. The molecule has 1 aromatic rings. The van der Waals surface area contributed by atoms with Gasteiger partial charge in [0.05, 0.1) is 18.7 Å². The van der Waals surface area contributed by atoms with Gasteiger partial charge in [-0.15, -0.1) is 12.4 Å². The number of carbonyl (C=O) groups excluding carboxylic acids is 2. The Labute approximate surface area is 106 Å². The van der Waals surface area contributed by atoms with Crippen molar-refractivity contribution in [2.75, 3.05) is 12.4 Å². The normalized spacial score (nSPS) is 11.0. The number of esters is 1. The average molecular weight is 259 g/mol. The second-order valence-electron chi connectivity index (χ2n) is 3.35. The topological polar surface area (TPSA) is 81.4 Å². The van der Waals surface area contributed by atoms with Crippen molar-refractivity contribution in [3.63, 3.8) is 0 Å². The van der Waals surface area contributed by atoms with Gasteiger partial charge in [0, 0.05) is 5.69 Å². The highest BCUT2D eigenvalue weighted by Crippen LogP contribution is 2.11. The first kappa shape index (κ1) is 15.4. The summed E-state index contributed by atoms with van der Waals surface area (Å²) in [6.45, 7) is 1.58. The van der Waals surface area contributed by atoms with Crippen LogP contribution in [0.15, 0.2) is 24.3 Å². The first-order valence-corrected chi connectivity index (χ1v) is 4.79. The van der Waals surface area contributed by atoms with Gasteiger partial charge in [-0.2, -0.15) is 0 Å². The highest BCUT2D eigenvalue weighted by molar-refractivity contribution is 5.96. The van der Waals surface area contributed by atoms with Gasteiger partial charge in [0.1, 0.15) is 0 Å². The molecule has 0 saturated carbocycles. The van der Waals surface area contributed by atoms with Crippen molar-refractivity contribution in [1.29, 1.82) is 0 Å². The van der Waals surface area contributed by atoms with E-state index in [1.54, 1.807) is 25.1 Å². The van der Waals surface area contributed by atoms with E-state index < -0.39 is 12.0 Å². The summed E-state index contributed by atoms with van der Waals surface area (Å²) in [5.74, 6) is -0.751. The summed E-state index contributed by atoms with van der Waals surface area (Å²) in [5, 5.41) is 2.59. The number of anilines is 1. The maximum absolute atomic E-state index is 11.3. The standard InChI is InChI=1S/C11H14N2O3.ClH/c1-7(12)10(14)13-9-5-3-4-8(6-9)11(15)16-2;/h3-7H,12H2,1-2H3,(H,13,14);1H/t7-;/m1./s1. The zero-order valence-corrected chi connectivity index (χ0v) is 10.4. The summed E-state index contributed by atoms with van der Waals surface area (Å²) in [6.07, 6.45) is 0. The molecule has 17 heavy (non-hydrogen) atoms. The fraction of sp³-hybridized carbons (Fsp3) is 0.273. The molecule has 6 heteroatoms. The third kappa shape index (κ3) is 4.42. The van der Waals surface area contributed by atoms with Crippen LogP contribution in [-0.2, 0) is 9.53 Å². The van der Waals surface area contributed by atoms with Crippen LogP contribution in [0.4, 0.5) is 5.69 Å². The molecule has 0 aromatic heterocycles. The molecule has 0 bridgehead atoms. The molecule has 1 aromatic carbocycles. The van der Waals surface area contributed by atoms with Crippen molar-refractivity contribution in [3.8, 4) is 0 Å². The molecule has 1 rings (SSSR count). The number of nitrogens with one attached hydrogen (secondary N) is 1. The van der Waals surface area contributed by atoms with Gasteiger partial charge in [-0.3, -0.25) is 4.79 Å². The summed E-state index contributed by atoms with van der Waals surface area (Å²) in [6, 6.07) is 5.87. The lowest BCUT2D eigenvalue weighted by Crippen LogP contribution is -2.32. The molecular formula is C11H15ClN2O3. The molecule has 0 radical (unpaired) electrons. The molecule has 0 saturated heterocycles. The lowest BCUT2D eigenvalue weighted by Gasteiger charge is -2.08. The van der Waals surface area contributed by atoms with E-state index in [0.29, 0.717) is 11.3 Å². The van der Waals surface area contributed by atoms with Gasteiger partial charge in [-0.1, -0.05) is 6.07 Å². The van der Waals surface area contributed by atoms with Crippen molar-refractivity contribution in [2.24, 2.45) is 5.73 Å². The summed E-state index contributed by atoms with van der Waals surface area (Å²) < 4.78 is 4.57. The van der Waals surface area contributed by atoms with Gasteiger partial charge in [0.25, 0.3) is 0 Å². The van der Waals surface area contributed by atoms with Crippen LogP contribution in [0, 0.1) is 0 Å². The van der Waals surface area contributed by atoms with E-state index in [-0.39, 0.29) is 18.3 Å². The first-order chi connectivity index (χ1) is 7.54. The molecule has 0 aliphatic rings. The maximum atomic E-state index is 11.3. The molecule has 0 fully saturated rings. The van der Waals surface area contributed by atoms with E-state index in [0.717, 1.165) is 0 Å². The molecule has 3 N–H and O–H groups in total. The Kier molecular flexibility index (Phi) is 6.23. The summed E-state index contributed by atoms with van der Waals surface area (Å²) >= 11 is 0. The molecule has 0 heterocycles. The van der Waals surface area contributed by atoms with Gasteiger partial charge in [0.2, 0.25) is 5.91 Å². The lowest BCUT2D eigenvalue weighted by atomic mass is 10.2. The second-order valence-corrected chi connectivity index (χ2v) is 3.35. The molecule has 1 atom stereocenters. The minimum absolute atomic E-state index is 0. The van der Waals surface area contributed by atoms with Gasteiger partial charge in [-0.25, -0.2) is 4.79 Å². The van der Waals surface area contributed by atoms with Crippen molar-refractivity contribution >= 4 is 30.0 Å². The van der Waals surface area contributed by atoms with Crippen LogP contribution in [0.3, 0.4) is 0 Å². The highest BCUT2D eigenvalue weighted by Gasteiger charge is 2.09. The molecule has 1 amide bonds. The van der Waals surface area contributed by atoms with Crippen LogP contribution < -0.4 is 11.1 Å². The van der Waals surface area contributed by atoms with Crippen LogP contribution in [0.2, 0.25) is 0 Å². The number of hydrogen-bond donors (Lipinski definition) is 2. The molecule has 0 aliphatic heterocycles. The van der Waals surface area contributed by atoms with Crippen LogP contribution in [-0.4, -0.2) is 25.0 Å². The van der Waals surface area contributed by atoms with Gasteiger partial charge in [-0.05, 0) is 25.1 Å². The molecule has 94 valence electrons. The van der Waals surface area contributed by atoms with Crippen molar-refractivity contribution in [1.82, 2.24) is 0 Å². The Hall–Kier alpha value is -1.59. The Balaban J connectivity index is 0.00000256. The van der Waals surface area contributed by atoms with Gasteiger partial charge in [0.15, 0.2) is 0 Å². The number of methoxy groups -OCH3 is 1. The monoisotopic (exact) mass is 258 g/mol. The van der Waals surface area contributed by atoms with Crippen LogP contribution in [0.1, 0.15) is 17.3 Å². The van der Waals surface area contributed by atoms with E-state index >= 15 is 0 Å². The zero-order valence-electron chi connectivity index (χ0n) is 9.60. The van der Waals surface area contributed by atoms with Crippen molar-refractivity contribution < 1.29 is 14.3 Å². The number of halogens is 1. The fourth-order valence-electron chi connectivity index (χ4n) is 1.10. The van der Waals surface area contributed by atoms with Crippen molar-refractivity contribution in [3.05, 3.63) is 29.8 Å². The smallest absolute Gasteiger partial charge is 0.337 e. The van der Waals surface area contributed by atoms with E-state index in [9.17, 15) is 9.59 Å². The summed E-state index contributed by atoms with van der Waals surface area (Å²) in [4.78, 5) is 22.5. The molecule has 0 unspecified atom stereocenters. The van der Waals surface area contributed by atoms with Crippen LogP contribution in [0.5, 0.6) is 0 Å². The Morgan fingerprint density at radius 3 is 2.59 bits per heavy atom. The second kappa shape index (κ2) is 6.88. The van der Waals surface area contributed by atoms with Crippen molar-refractivity contribution in [2.45, 2.75) is 13.0 Å². The highest BCUT2D eigenvalue weighted by atomic mass is 35.5. The molecule has 0 spiro atoms. The fourth-order valence-corrected chi connectivity index (χ4v) is 1.10. The minimum atomic E-state index is -0.596. The van der Waals surface area contributed by atoms with Gasteiger partial charge >= 0.3 is 5.97 Å². The summed E-state index contributed by atoms with van der Waals surface area (Å²) in [5.41, 5.74) is 6.30. The third-order valence-electron chi connectivity index (χ3n) is 1.96. The molecule has 5 nitrogen and oxygen atoms in total. The lowest BCUT2D eigenvalue weighted by molar-refractivity contribution is -0.117. The van der Waals surface area contributed by atoms with Crippen LogP contribution >= 0.6 is 12.4 Å². The molecule has 0 aliphatic carbocycles. The summed E-state index contributed by atoms with van der Waals surface area (Å²) in [7, 11) is 1.30. The van der Waals surface area contributed by atoms with Crippen LogP contribution in [0.25, 0.3) is 0 Å². The largest absolute Gasteiger partial charge is 0.465 e. The van der Waals surface area contributed by atoms with E-state index in [2.05, 4.69) is 10.1 Å². The zero-order chi connectivity index (χ0) is 12.1. The van der Waals surface area contributed by atoms with E-state index in [1.165, 1.54) is 13.2 Å². The number of hydrogen-bond acceptors (Lipinski definition) is 4. The Bertz CT molecular complexity index is 407. The van der Waals surface area contributed by atoms with E-state index in [4.69, 9.17) is 5.73 Å². The molecular weight excluding hydrogens is 244 g/mol. The number of benzene rings is 1. The quantitative estimate of drug-likeness (QED) is 0.798. The number of carbonyl (C=O) groups is 2. The number of rotatable bonds is 3. The predicted octanol–water partition coefficient (Wildman–Crippen LogP) is 1.18. The Morgan fingerprint density at radius 2 is 2.06 bits per heavy atom. The van der Waals surface area contributed by atoms with E-state index in [1.807, 2.05) is 0 Å². The average Bonchev–Trinajstić information content (AvgIpc) is 2.28. The number of nitrogens with two attached hydrogens (primary N) is 1. The number of amides is 1. The first-order valence-electron chi connectivity index (χ1n) is 4.79. The maximum Gasteiger partial charge on any atom is 0.337 e. The third-order valence-corrected chi connectivity index (χ3v) is 1.96. The van der Waals surface area contributed by atoms with Gasteiger partial charge < -0.3 is 15.8 Å². The Morgan fingerprint density at radius 1 is 1.41 bits per heavy atom.